The minimum atomic E-state index is 0.0461. The van der Waals surface area contributed by atoms with Gasteiger partial charge in [0, 0.05) is 31.2 Å². The van der Waals surface area contributed by atoms with Crippen LogP contribution in [0, 0.1) is 5.92 Å². The Balaban J connectivity index is 1.51. The third-order valence-corrected chi connectivity index (χ3v) is 5.31. The summed E-state index contributed by atoms with van der Waals surface area (Å²) in [6.07, 6.45) is 3.33. The van der Waals surface area contributed by atoms with Crippen molar-refractivity contribution in [3.8, 4) is 5.75 Å². The van der Waals surface area contributed by atoms with Crippen LogP contribution in [0.5, 0.6) is 5.75 Å². The molecule has 0 bridgehead atoms. The van der Waals surface area contributed by atoms with Crippen molar-refractivity contribution in [2.75, 3.05) is 19.6 Å². The predicted octanol–water partition coefficient (Wildman–Crippen LogP) is 3.19. The number of nitrogens with zero attached hydrogens (tertiary/aromatic N) is 2. The van der Waals surface area contributed by atoms with Gasteiger partial charge in [0.05, 0.1) is 0 Å². The third kappa shape index (κ3) is 4.88. The Morgan fingerprint density at radius 3 is 2.48 bits per heavy atom. The number of urea groups is 1. The first-order valence-corrected chi connectivity index (χ1v) is 9.40. The maximum absolute atomic E-state index is 12.7. The van der Waals surface area contributed by atoms with E-state index < -0.39 is 0 Å². The van der Waals surface area contributed by atoms with E-state index in [1.807, 2.05) is 17.0 Å². The van der Waals surface area contributed by atoms with E-state index in [0.717, 1.165) is 44.5 Å². The van der Waals surface area contributed by atoms with E-state index in [1.54, 1.807) is 12.1 Å². The number of rotatable bonds is 5. The molecule has 1 aromatic carbocycles. The van der Waals surface area contributed by atoms with Crippen LogP contribution in [0.3, 0.4) is 0 Å². The Bertz CT molecular complexity index is 590. The molecule has 1 atom stereocenters. The zero-order valence-corrected chi connectivity index (χ0v) is 15.7. The summed E-state index contributed by atoms with van der Waals surface area (Å²) in [5.41, 5.74) is 1.26. The van der Waals surface area contributed by atoms with Crippen molar-refractivity contribution in [1.82, 2.24) is 15.1 Å². The Morgan fingerprint density at radius 2 is 1.92 bits per heavy atom. The lowest BCUT2D eigenvalue weighted by molar-refractivity contribution is 0.166. The molecule has 5 heteroatoms. The largest absolute Gasteiger partial charge is 0.508 e. The van der Waals surface area contributed by atoms with E-state index in [1.165, 1.54) is 0 Å². The van der Waals surface area contributed by atoms with Gasteiger partial charge in [-0.1, -0.05) is 12.1 Å². The third-order valence-electron chi connectivity index (χ3n) is 5.31. The number of amides is 2. The van der Waals surface area contributed by atoms with Crippen molar-refractivity contribution in [2.24, 2.45) is 5.92 Å². The summed E-state index contributed by atoms with van der Waals surface area (Å²) in [6.45, 7) is 10.3. The summed E-state index contributed by atoms with van der Waals surface area (Å²) in [6, 6.07) is 7.54. The Morgan fingerprint density at radius 1 is 1.24 bits per heavy atom. The molecule has 0 radical (unpaired) electrons. The van der Waals surface area contributed by atoms with Crippen LogP contribution in [0.2, 0.25) is 0 Å². The molecule has 2 amide bonds. The lowest BCUT2D eigenvalue weighted by Crippen LogP contribution is -2.44. The second kappa shape index (κ2) is 7.24. The van der Waals surface area contributed by atoms with Crippen LogP contribution >= 0.6 is 0 Å². The number of carbonyl (C=O) groups is 1. The Hall–Kier alpha value is -1.75. The van der Waals surface area contributed by atoms with Crippen molar-refractivity contribution in [3.63, 3.8) is 0 Å². The van der Waals surface area contributed by atoms with Crippen LogP contribution in [0.25, 0.3) is 0 Å². The molecule has 2 fully saturated rings. The summed E-state index contributed by atoms with van der Waals surface area (Å²) in [5.74, 6) is 0.800. The summed E-state index contributed by atoms with van der Waals surface area (Å²) in [4.78, 5) is 17.1. The van der Waals surface area contributed by atoms with Crippen molar-refractivity contribution in [1.29, 1.82) is 0 Å². The summed E-state index contributed by atoms with van der Waals surface area (Å²) < 4.78 is 0. The minimum absolute atomic E-state index is 0.0461. The molecule has 1 heterocycles. The van der Waals surface area contributed by atoms with Gasteiger partial charge in [0.1, 0.15) is 5.75 Å². The van der Waals surface area contributed by atoms with Gasteiger partial charge in [-0.3, -0.25) is 4.90 Å². The molecule has 1 aliphatic heterocycles. The van der Waals surface area contributed by atoms with Crippen LogP contribution in [0.4, 0.5) is 4.79 Å². The second-order valence-corrected chi connectivity index (χ2v) is 8.48. The SMILES string of the molecule is CC(C)(C)N1CC[C@H](CNC(=O)N(Cc2ccc(O)cc2)C2CC2)C1. The van der Waals surface area contributed by atoms with E-state index in [2.05, 4.69) is 31.0 Å². The molecule has 0 unspecified atom stereocenters. The lowest BCUT2D eigenvalue weighted by atomic mass is 10.1. The van der Waals surface area contributed by atoms with Gasteiger partial charge in [-0.05, 0) is 70.2 Å². The van der Waals surface area contributed by atoms with E-state index in [4.69, 9.17) is 0 Å². The van der Waals surface area contributed by atoms with Crippen LogP contribution < -0.4 is 5.32 Å². The Labute approximate surface area is 151 Å². The molecule has 2 N–H and O–H groups in total. The van der Waals surface area contributed by atoms with Crippen LogP contribution in [-0.4, -0.2) is 52.2 Å². The van der Waals surface area contributed by atoms with Gasteiger partial charge >= 0.3 is 6.03 Å². The number of carbonyl (C=O) groups excluding carboxylic acids is 1. The van der Waals surface area contributed by atoms with Crippen molar-refractivity contribution >= 4 is 6.03 Å². The van der Waals surface area contributed by atoms with Crippen molar-refractivity contribution < 1.29 is 9.90 Å². The molecule has 1 saturated heterocycles. The molecule has 138 valence electrons. The average molecular weight is 345 g/mol. The maximum atomic E-state index is 12.7. The monoisotopic (exact) mass is 345 g/mol. The van der Waals surface area contributed by atoms with Crippen LogP contribution in [0.15, 0.2) is 24.3 Å². The number of likely N-dealkylation sites (tertiary alicyclic amines) is 1. The predicted molar refractivity (Wildman–Crippen MR) is 99.5 cm³/mol. The molecular weight excluding hydrogens is 314 g/mol. The zero-order chi connectivity index (χ0) is 18.0. The van der Waals surface area contributed by atoms with Crippen molar-refractivity contribution in [3.05, 3.63) is 29.8 Å². The number of aromatic hydroxyl groups is 1. The Kier molecular flexibility index (Phi) is 5.23. The van der Waals surface area contributed by atoms with Crippen molar-refractivity contribution in [2.45, 2.75) is 58.2 Å². The normalized spacial score (nSPS) is 21.3. The minimum Gasteiger partial charge on any atom is -0.508 e. The molecule has 1 saturated carbocycles. The highest BCUT2D eigenvalue weighted by atomic mass is 16.3. The highest BCUT2D eigenvalue weighted by Crippen LogP contribution is 2.29. The number of nitrogens with one attached hydrogen (secondary N) is 1. The maximum Gasteiger partial charge on any atom is 0.317 e. The first-order valence-electron chi connectivity index (χ1n) is 9.40. The van der Waals surface area contributed by atoms with Gasteiger partial charge < -0.3 is 15.3 Å². The van der Waals surface area contributed by atoms with E-state index in [-0.39, 0.29) is 17.3 Å². The molecule has 5 nitrogen and oxygen atoms in total. The first-order chi connectivity index (χ1) is 11.8. The van der Waals surface area contributed by atoms with Gasteiger partial charge in [0.2, 0.25) is 0 Å². The molecule has 0 spiro atoms. The number of phenolic OH excluding ortho intramolecular Hbond substituents is 1. The van der Waals surface area contributed by atoms with Gasteiger partial charge in [-0.15, -0.1) is 0 Å². The van der Waals surface area contributed by atoms with Crippen LogP contribution in [-0.2, 0) is 6.54 Å². The molecule has 25 heavy (non-hydrogen) atoms. The zero-order valence-electron chi connectivity index (χ0n) is 15.7. The highest BCUT2D eigenvalue weighted by Gasteiger charge is 2.34. The molecule has 1 aliphatic carbocycles. The fourth-order valence-corrected chi connectivity index (χ4v) is 3.49. The fourth-order valence-electron chi connectivity index (χ4n) is 3.49. The topological polar surface area (TPSA) is 55.8 Å². The highest BCUT2D eigenvalue weighted by molar-refractivity contribution is 5.75. The molecule has 3 rings (SSSR count). The van der Waals surface area contributed by atoms with E-state index in [9.17, 15) is 9.90 Å². The summed E-state index contributed by atoms with van der Waals surface area (Å²) >= 11 is 0. The van der Waals surface area contributed by atoms with E-state index in [0.29, 0.717) is 18.5 Å². The quantitative estimate of drug-likeness (QED) is 0.862. The number of benzene rings is 1. The number of hydrogen-bond acceptors (Lipinski definition) is 3. The van der Waals surface area contributed by atoms with Gasteiger partial charge in [0.15, 0.2) is 0 Å². The second-order valence-electron chi connectivity index (χ2n) is 8.48. The lowest BCUT2D eigenvalue weighted by Gasteiger charge is -2.31. The van der Waals surface area contributed by atoms with Gasteiger partial charge in [-0.2, -0.15) is 0 Å². The van der Waals surface area contributed by atoms with Gasteiger partial charge in [0.25, 0.3) is 0 Å². The van der Waals surface area contributed by atoms with Gasteiger partial charge in [-0.25, -0.2) is 4.79 Å². The number of phenols is 1. The molecule has 0 aromatic heterocycles. The fraction of sp³-hybridized carbons (Fsp3) is 0.650. The summed E-state index contributed by atoms with van der Waals surface area (Å²) in [7, 11) is 0. The summed E-state index contributed by atoms with van der Waals surface area (Å²) in [5, 5.41) is 12.6. The standard InChI is InChI=1S/C20H31N3O2/c1-20(2,3)22-11-10-16(13-22)12-21-19(25)23(17-6-7-17)14-15-4-8-18(24)9-5-15/h4-5,8-9,16-17,24H,6-7,10-14H2,1-3H3,(H,21,25)/t16-/m1/s1. The molecule has 2 aliphatic rings. The number of hydrogen-bond donors (Lipinski definition) is 2. The van der Waals surface area contributed by atoms with E-state index >= 15 is 0 Å². The van der Waals surface area contributed by atoms with Crippen LogP contribution in [0.1, 0.15) is 45.6 Å². The molecular formula is C20H31N3O2. The average Bonchev–Trinajstić information content (AvgIpc) is 3.27. The smallest absolute Gasteiger partial charge is 0.317 e. The molecule has 1 aromatic rings. The first kappa shape index (κ1) is 18.1.